The average molecular weight is 431 g/mol. The van der Waals surface area contributed by atoms with E-state index in [0.29, 0.717) is 17.9 Å². The van der Waals surface area contributed by atoms with Gasteiger partial charge in [-0.3, -0.25) is 9.48 Å². The number of aromatic nitrogens is 5. The Labute approximate surface area is 188 Å². The van der Waals surface area contributed by atoms with E-state index in [1.54, 1.807) is 0 Å². The first-order valence-corrected chi connectivity index (χ1v) is 11.1. The van der Waals surface area contributed by atoms with Crippen LogP contribution in [-0.4, -0.2) is 30.5 Å². The van der Waals surface area contributed by atoms with Gasteiger partial charge in [0.1, 0.15) is 0 Å². The number of benzene rings is 1. The Hall–Kier alpha value is -3.48. The Morgan fingerprint density at radius 2 is 1.84 bits per heavy atom. The fraction of sp³-hybridized carbons (Fsp3) is 0.360. The van der Waals surface area contributed by atoms with Crippen LogP contribution in [0.25, 0.3) is 11.0 Å². The summed E-state index contributed by atoms with van der Waals surface area (Å²) in [4.78, 5) is 17.9. The van der Waals surface area contributed by atoms with Crippen LogP contribution in [0.1, 0.15) is 58.3 Å². The number of anilines is 1. The highest BCUT2D eigenvalue weighted by Crippen LogP contribution is 2.24. The van der Waals surface area contributed by atoms with Crippen LogP contribution in [0, 0.1) is 27.7 Å². The van der Waals surface area contributed by atoms with E-state index in [0.717, 1.165) is 47.5 Å². The molecule has 3 aromatic heterocycles. The lowest BCUT2D eigenvalue weighted by atomic mass is 10.1. The summed E-state index contributed by atoms with van der Waals surface area (Å²) in [5.74, 6) is 0.345. The van der Waals surface area contributed by atoms with Crippen molar-refractivity contribution in [3.63, 3.8) is 0 Å². The minimum atomic E-state index is -0.196. The first kappa shape index (κ1) is 21.7. The fourth-order valence-corrected chi connectivity index (χ4v) is 4.02. The van der Waals surface area contributed by atoms with Crippen LogP contribution in [0.5, 0.6) is 0 Å². The van der Waals surface area contributed by atoms with Gasteiger partial charge in [0.15, 0.2) is 11.5 Å². The van der Waals surface area contributed by atoms with Gasteiger partial charge in [0, 0.05) is 24.0 Å². The second-order valence-corrected chi connectivity index (χ2v) is 8.44. The fourth-order valence-electron chi connectivity index (χ4n) is 4.02. The predicted molar refractivity (Wildman–Crippen MR) is 127 cm³/mol. The lowest BCUT2D eigenvalue weighted by Gasteiger charge is -2.07. The lowest BCUT2D eigenvalue weighted by Crippen LogP contribution is -2.14. The van der Waals surface area contributed by atoms with Gasteiger partial charge < -0.3 is 5.32 Å². The normalized spacial score (nSPS) is 11.3. The quantitative estimate of drug-likeness (QED) is 0.449. The molecule has 0 spiro atoms. The topological polar surface area (TPSA) is 77.6 Å². The highest BCUT2D eigenvalue weighted by molar-refractivity contribution is 6.12. The molecule has 0 radical (unpaired) electrons. The summed E-state index contributed by atoms with van der Waals surface area (Å²) in [6.07, 6.45) is 2.09. The highest BCUT2D eigenvalue weighted by Gasteiger charge is 2.20. The molecule has 4 rings (SSSR count). The number of nitrogens with one attached hydrogen (secondary N) is 1. The van der Waals surface area contributed by atoms with Crippen LogP contribution in [-0.2, 0) is 13.1 Å². The highest BCUT2D eigenvalue weighted by atomic mass is 16.1. The molecule has 0 fully saturated rings. The summed E-state index contributed by atoms with van der Waals surface area (Å²) >= 11 is 0. The summed E-state index contributed by atoms with van der Waals surface area (Å²) in [6.45, 7) is 11.5. The van der Waals surface area contributed by atoms with Gasteiger partial charge in [-0.15, -0.1) is 0 Å². The van der Waals surface area contributed by atoms with Crippen molar-refractivity contribution in [1.82, 2.24) is 24.5 Å². The molecule has 166 valence electrons. The second-order valence-electron chi connectivity index (χ2n) is 8.44. The second kappa shape index (κ2) is 8.94. The number of fused-ring (bicyclic) bond motifs is 1. The van der Waals surface area contributed by atoms with Crippen LogP contribution in [0.15, 0.2) is 36.4 Å². The van der Waals surface area contributed by atoms with Gasteiger partial charge >= 0.3 is 0 Å². The maximum atomic E-state index is 13.3. The maximum absolute atomic E-state index is 13.3. The smallest absolute Gasteiger partial charge is 0.257 e. The number of aryl methyl sites for hydroxylation is 5. The molecule has 4 aromatic rings. The first-order chi connectivity index (χ1) is 15.4. The summed E-state index contributed by atoms with van der Waals surface area (Å²) < 4.78 is 3.82. The van der Waals surface area contributed by atoms with Crippen LogP contribution in [0.3, 0.4) is 0 Å². The van der Waals surface area contributed by atoms with Crippen molar-refractivity contribution < 1.29 is 4.79 Å². The molecular formula is C25H30N6O. The van der Waals surface area contributed by atoms with E-state index in [-0.39, 0.29) is 5.91 Å². The molecule has 0 bridgehead atoms. The SMILES string of the molecule is CCCCn1nc(C)c2c(C(=O)Nc3cc(C)n(Cc4cccc(C)c4)n3)cc(C)nc21. The third-order valence-corrected chi connectivity index (χ3v) is 5.61. The number of hydrogen-bond acceptors (Lipinski definition) is 4. The largest absolute Gasteiger partial charge is 0.305 e. The molecule has 0 saturated heterocycles. The van der Waals surface area contributed by atoms with Crippen molar-refractivity contribution in [1.29, 1.82) is 0 Å². The van der Waals surface area contributed by atoms with E-state index in [1.807, 2.05) is 48.3 Å². The minimum absolute atomic E-state index is 0.196. The van der Waals surface area contributed by atoms with E-state index in [1.165, 1.54) is 11.1 Å². The molecule has 32 heavy (non-hydrogen) atoms. The molecule has 7 nitrogen and oxygen atoms in total. The number of rotatable bonds is 7. The summed E-state index contributed by atoms with van der Waals surface area (Å²) in [5, 5.41) is 13.0. The number of unbranched alkanes of at least 4 members (excludes halogenated alkanes) is 1. The Bertz CT molecular complexity index is 1280. The van der Waals surface area contributed by atoms with E-state index in [2.05, 4.69) is 52.5 Å². The summed E-state index contributed by atoms with van der Waals surface area (Å²) in [5.41, 5.74) is 6.34. The first-order valence-electron chi connectivity index (χ1n) is 11.1. The zero-order valence-electron chi connectivity index (χ0n) is 19.4. The van der Waals surface area contributed by atoms with E-state index < -0.39 is 0 Å². The van der Waals surface area contributed by atoms with Crippen molar-refractivity contribution >= 4 is 22.8 Å². The molecule has 0 atom stereocenters. The number of carbonyl (C=O) groups excluding carboxylic acids is 1. The van der Waals surface area contributed by atoms with Crippen LogP contribution in [0.2, 0.25) is 0 Å². The van der Waals surface area contributed by atoms with Crippen molar-refractivity contribution in [2.75, 3.05) is 5.32 Å². The van der Waals surface area contributed by atoms with Gasteiger partial charge in [0.2, 0.25) is 0 Å². The summed E-state index contributed by atoms with van der Waals surface area (Å²) in [6, 6.07) is 12.1. The number of nitrogens with zero attached hydrogens (tertiary/aromatic N) is 5. The monoisotopic (exact) mass is 430 g/mol. The number of pyridine rings is 1. The molecule has 1 N–H and O–H groups in total. The number of amides is 1. The molecule has 7 heteroatoms. The van der Waals surface area contributed by atoms with Gasteiger partial charge in [-0.05, 0) is 45.7 Å². The number of hydrogen-bond donors (Lipinski definition) is 1. The van der Waals surface area contributed by atoms with Gasteiger partial charge in [-0.25, -0.2) is 9.67 Å². The molecule has 0 aliphatic heterocycles. The molecule has 0 aliphatic carbocycles. The Morgan fingerprint density at radius 1 is 1.03 bits per heavy atom. The van der Waals surface area contributed by atoms with Crippen molar-refractivity contribution in [3.8, 4) is 0 Å². The van der Waals surface area contributed by atoms with Crippen LogP contribution >= 0.6 is 0 Å². The van der Waals surface area contributed by atoms with E-state index >= 15 is 0 Å². The molecule has 0 saturated carbocycles. The molecule has 1 amide bonds. The molecule has 1 aromatic carbocycles. The minimum Gasteiger partial charge on any atom is -0.305 e. The molecule has 0 unspecified atom stereocenters. The Morgan fingerprint density at radius 3 is 2.59 bits per heavy atom. The van der Waals surface area contributed by atoms with E-state index in [4.69, 9.17) is 0 Å². The van der Waals surface area contributed by atoms with Crippen LogP contribution < -0.4 is 5.32 Å². The molecular weight excluding hydrogens is 400 g/mol. The molecule has 0 aliphatic rings. The number of carbonyl (C=O) groups is 1. The summed E-state index contributed by atoms with van der Waals surface area (Å²) in [7, 11) is 0. The standard InChI is InChI=1S/C25H30N6O/c1-6-7-11-30-24-23(19(5)28-30)21(13-17(3)26-24)25(32)27-22-14-18(4)31(29-22)15-20-10-8-9-16(2)12-20/h8-10,12-14H,6-7,11,15H2,1-5H3,(H,27,29,32). The van der Waals surface area contributed by atoms with Crippen molar-refractivity contribution in [3.05, 3.63) is 70.2 Å². The van der Waals surface area contributed by atoms with E-state index in [9.17, 15) is 4.79 Å². The zero-order chi connectivity index (χ0) is 22.8. The van der Waals surface area contributed by atoms with Gasteiger partial charge in [0.05, 0.1) is 23.2 Å². The van der Waals surface area contributed by atoms with Gasteiger partial charge in [0.25, 0.3) is 5.91 Å². The van der Waals surface area contributed by atoms with Gasteiger partial charge in [-0.1, -0.05) is 43.2 Å². The zero-order valence-corrected chi connectivity index (χ0v) is 19.4. The van der Waals surface area contributed by atoms with Crippen molar-refractivity contribution in [2.24, 2.45) is 0 Å². The molecule has 3 heterocycles. The third-order valence-electron chi connectivity index (χ3n) is 5.61. The van der Waals surface area contributed by atoms with Gasteiger partial charge in [-0.2, -0.15) is 10.2 Å². The Kier molecular flexibility index (Phi) is 6.08. The predicted octanol–water partition coefficient (Wildman–Crippen LogP) is 4.96. The Balaban J connectivity index is 1.61. The van der Waals surface area contributed by atoms with Crippen molar-refractivity contribution in [2.45, 2.75) is 60.5 Å². The lowest BCUT2D eigenvalue weighted by molar-refractivity contribution is 0.102. The third kappa shape index (κ3) is 4.42. The maximum Gasteiger partial charge on any atom is 0.257 e. The average Bonchev–Trinajstić information content (AvgIpc) is 3.24. The van der Waals surface area contributed by atoms with Crippen LogP contribution in [0.4, 0.5) is 5.82 Å².